The molecule has 15 heavy (non-hydrogen) atoms. The molecular weight excluding hydrogens is 192 g/mol. The van der Waals surface area contributed by atoms with Gasteiger partial charge in [0.05, 0.1) is 12.2 Å². The van der Waals surface area contributed by atoms with E-state index in [1.165, 1.54) is 6.33 Å². The van der Waals surface area contributed by atoms with Crippen molar-refractivity contribution in [3.05, 3.63) is 24.3 Å². The molecule has 82 valence electrons. The number of rotatable bonds is 4. The van der Waals surface area contributed by atoms with Crippen LogP contribution in [0, 0.1) is 5.92 Å². The molecule has 5 heteroatoms. The maximum atomic E-state index is 11.5. The fourth-order valence-electron chi connectivity index (χ4n) is 1.00. The molecule has 3 N–H and O–H groups in total. The monoisotopic (exact) mass is 208 g/mol. The van der Waals surface area contributed by atoms with Gasteiger partial charge in [-0.2, -0.15) is 0 Å². The second-order valence-corrected chi connectivity index (χ2v) is 3.57. The highest BCUT2D eigenvalue weighted by Gasteiger charge is 2.16. The molecule has 0 aliphatic carbocycles. The van der Waals surface area contributed by atoms with E-state index in [0.717, 1.165) is 5.69 Å². The van der Waals surface area contributed by atoms with E-state index in [-0.39, 0.29) is 17.9 Å². The van der Waals surface area contributed by atoms with Gasteiger partial charge >= 0.3 is 0 Å². The number of nitrogens with one attached hydrogen (secondary N) is 1. The van der Waals surface area contributed by atoms with Gasteiger partial charge in [0.15, 0.2) is 0 Å². The summed E-state index contributed by atoms with van der Waals surface area (Å²) in [6.07, 6.45) is 3.10. The van der Waals surface area contributed by atoms with Gasteiger partial charge < -0.3 is 11.1 Å². The smallest absolute Gasteiger partial charge is 0.224 e. The molecule has 0 fully saturated rings. The molecule has 0 spiro atoms. The predicted molar refractivity (Wildman–Crippen MR) is 56.7 cm³/mol. The summed E-state index contributed by atoms with van der Waals surface area (Å²) in [5, 5.41) is 2.77. The Balaban J connectivity index is 2.41. The third-order valence-corrected chi connectivity index (χ3v) is 2.29. The van der Waals surface area contributed by atoms with Crippen LogP contribution in [0.3, 0.4) is 0 Å². The van der Waals surface area contributed by atoms with Crippen molar-refractivity contribution in [2.24, 2.45) is 11.7 Å². The van der Waals surface area contributed by atoms with Crippen LogP contribution < -0.4 is 11.1 Å². The number of carbonyl (C=O) groups is 1. The second-order valence-electron chi connectivity index (χ2n) is 3.57. The van der Waals surface area contributed by atoms with Crippen LogP contribution in [0.5, 0.6) is 0 Å². The Morgan fingerprint density at radius 2 is 2.33 bits per heavy atom. The number of nitrogens with two attached hydrogens (primary N) is 1. The molecule has 0 saturated heterocycles. The lowest BCUT2D eigenvalue weighted by atomic mass is 10.0. The maximum Gasteiger partial charge on any atom is 0.224 e. The van der Waals surface area contributed by atoms with Gasteiger partial charge in [-0.15, -0.1) is 0 Å². The molecule has 0 saturated carbocycles. The van der Waals surface area contributed by atoms with Crippen molar-refractivity contribution >= 4 is 5.91 Å². The van der Waals surface area contributed by atoms with E-state index in [1.807, 2.05) is 6.92 Å². The summed E-state index contributed by atoms with van der Waals surface area (Å²) >= 11 is 0. The van der Waals surface area contributed by atoms with E-state index in [4.69, 9.17) is 5.73 Å². The lowest BCUT2D eigenvalue weighted by Gasteiger charge is -2.14. The highest BCUT2D eigenvalue weighted by molar-refractivity contribution is 5.78. The van der Waals surface area contributed by atoms with Crippen LogP contribution in [0.1, 0.15) is 19.5 Å². The Morgan fingerprint density at radius 1 is 1.60 bits per heavy atom. The number of nitrogens with zero attached hydrogens (tertiary/aromatic N) is 2. The van der Waals surface area contributed by atoms with Crippen molar-refractivity contribution in [2.75, 3.05) is 0 Å². The summed E-state index contributed by atoms with van der Waals surface area (Å²) in [4.78, 5) is 19.3. The van der Waals surface area contributed by atoms with Gasteiger partial charge in [-0.05, 0) is 13.0 Å². The lowest BCUT2D eigenvalue weighted by molar-refractivity contribution is -0.125. The van der Waals surface area contributed by atoms with Crippen molar-refractivity contribution in [3.63, 3.8) is 0 Å². The first-order chi connectivity index (χ1) is 7.11. The first kappa shape index (κ1) is 11.6. The number of amides is 1. The van der Waals surface area contributed by atoms with Gasteiger partial charge in [0.2, 0.25) is 5.91 Å². The van der Waals surface area contributed by atoms with Crippen LogP contribution in [0.2, 0.25) is 0 Å². The second kappa shape index (κ2) is 5.41. The Morgan fingerprint density at radius 3 is 2.87 bits per heavy atom. The summed E-state index contributed by atoms with van der Waals surface area (Å²) in [5.41, 5.74) is 6.41. The maximum absolute atomic E-state index is 11.5. The van der Waals surface area contributed by atoms with Crippen molar-refractivity contribution in [2.45, 2.75) is 26.4 Å². The quantitative estimate of drug-likeness (QED) is 0.734. The molecule has 2 atom stereocenters. The molecule has 1 heterocycles. The van der Waals surface area contributed by atoms with Gasteiger partial charge in [0.1, 0.15) is 6.33 Å². The molecule has 5 nitrogen and oxygen atoms in total. The Kier molecular flexibility index (Phi) is 4.17. The van der Waals surface area contributed by atoms with Crippen molar-refractivity contribution < 1.29 is 4.79 Å². The zero-order valence-corrected chi connectivity index (χ0v) is 8.97. The summed E-state index contributed by atoms with van der Waals surface area (Å²) in [6.45, 7) is 4.04. The molecule has 2 unspecified atom stereocenters. The SMILES string of the molecule is CC(N)C(C)C(=O)NCc1ccncn1. The zero-order chi connectivity index (χ0) is 11.3. The third kappa shape index (κ3) is 3.63. The zero-order valence-electron chi connectivity index (χ0n) is 8.97. The van der Waals surface area contributed by atoms with Gasteiger partial charge in [-0.3, -0.25) is 4.79 Å². The van der Waals surface area contributed by atoms with E-state index < -0.39 is 0 Å². The van der Waals surface area contributed by atoms with Gasteiger partial charge in [-0.1, -0.05) is 6.92 Å². The first-order valence-electron chi connectivity index (χ1n) is 4.89. The normalized spacial score (nSPS) is 14.3. The van der Waals surface area contributed by atoms with Crippen LogP contribution in [-0.4, -0.2) is 21.9 Å². The van der Waals surface area contributed by atoms with Crippen LogP contribution in [0.4, 0.5) is 0 Å². The molecule has 0 aliphatic rings. The number of aromatic nitrogens is 2. The van der Waals surface area contributed by atoms with Crippen molar-refractivity contribution in [1.29, 1.82) is 0 Å². The molecule has 1 rings (SSSR count). The highest BCUT2D eigenvalue weighted by atomic mass is 16.1. The molecule has 0 bridgehead atoms. The third-order valence-electron chi connectivity index (χ3n) is 2.29. The fraction of sp³-hybridized carbons (Fsp3) is 0.500. The molecular formula is C10H16N4O. The molecule has 1 aromatic heterocycles. The number of hydrogen-bond acceptors (Lipinski definition) is 4. The minimum atomic E-state index is -0.188. The Hall–Kier alpha value is -1.49. The summed E-state index contributed by atoms with van der Waals surface area (Å²) in [5.74, 6) is -0.240. The fourth-order valence-corrected chi connectivity index (χ4v) is 1.00. The first-order valence-corrected chi connectivity index (χ1v) is 4.89. The highest BCUT2D eigenvalue weighted by Crippen LogP contribution is 2.00. The predicted octanol–water partition coefficient (Wildman–Crippen LogP) is 0.0761. The minimum Gasteiger partial charge on any atom is -0.350 e. The van der Waals surface area contributed by atoms with Crippen LogP contribution in [0.25, 0.3) is 0 Å². The van der Waals surface area contributed by atoms with E-state index in [1.54, 1.807) is 19.2 Å². The van der Waals surface area contributed by atoms with Crippen LogP contribution in [0.15, 0.2) is 18.6 Å². The van der Waals surface area contributed by atoms with Gasteiger partial charge in [0.25, 0.3) is 0 Å². The van der Waals surface area contributed by atoms with Crippen LogP contribution >= 0.6 is 0 Å². The molecule has 0 aromatic carbocycles. The van der Waals surface area contributed by atoms with E-state index in [2.05, 4.69) is 15.3 Å². The summed E-state index contributed by atoms with van der Waals surface area (Å²) in [7, 11) is 0. The number of hydrogen-bond donors (Lipinski definition) is 2. The molecule has 0 aliphatic heterocycles. The summed E-state index contributed by atoms with van der Waals surface area (Å²) < 4.78 is 0. The number of carbonyl (C=O) groups excluding carboxylic acids is 1. The Bertz CT molecular complexity index is 312. The van der Waals surface area contributed by atoms with Gasteiger partial charge in [-0.25, -0.2) is 9.97 Å². The largest absolute Gasteiger partial charge is 0.350 e. The lowest BCUT2D eigenvalue weighted by Crippen LogP contribution is -2.38. The molecule has 1 aromatic rings. The minimum absolute atomic E-state index is 0.0522. The van der Waals surface area contributed by atoms with Gasteiger partial charge in [0, 0.05) is 18.2 Å². The topological polar surface area (TPSA) is 80.9 Å². The van der Waals surface area contributed by atoms with Crippen molar-refractivity contribution in [1.82, 2.24) is 15.3 Å². The molecule has 1 amide bonds. The Labute approximate surface area is 89.1 Å². The summed E-state index contributed by atoms with van der Waals surface area (Å²) in [6, 6.07) is 1.62. The standard InChI is InChI=1S/C10H16N4O/c1-7(8(2)11)10(15)13-5-9-3-4-12-6-14-9/h3-4,6-8H,5,11H2,1-2H3,(H,13,15). The van der Waals surface area contributed by atoms with E-state index in [9.17, 15) is 4.79 Å². The molecule has 0 radical (unpaired) electrons. The average Bonchev–Trinajstić information content (AvgIpc) is 2.26. The van der Waals surface area contributed by atoms with E-state index in [0.29, 0.717) is 6.54 Å². The average molecular weight is 208 g/mol. The van der Waals surface area contributed by atoms with E-state index >= 15 is 0 Å². The van der Waals surface area contributed by atoms with Crippen LogP contribution in [-0.2, 0) is 11.3 Å². The van der Waals surface area contributed by atoms with Crippen molar-refractivity contribution in [3.8, 4) is 0 Å².